The van der Waals surface area contributed by atoms with E-state index >= 15 is 0 Å². The Morgan fingerprint density at radius 1 is 1.27 bits per heavy atom. The zero-order valence-corrected chi connectivity index (χ0v) is 8.09. The topological polar surface area (TPSA) is 29.1 Å². The van der Waals surface area contributed by atoms with Crippen molar-refractivity contribution in [2.75, 3.05) is 6.54 Å². The summed E-state index contributed by atoms with van der Waals surface area (Å²) < 4.78 is 25.7. The summed E-state index contributed by atoms with van der Waals surface area (Å²) in [4.78, 5) is 11.8. The van der Waals surface area contributed by atoms with Crippen molar-refractivity contribution in [3.63, 3.8) is 0 Å². The first kappa shape index (κ1) is 10.2. The Morgan fingerprint density at radius 2 is 1.93 bits per heavy atom. The average molecular weight is 211 g/mol. The number of nitrogens with one attached hydrogen (secondary N) is 1. The highest BCUT2D eigenvalue weighted by atomic mass is 19.1. The molecule has 0 amide bonds. The summed E-state index contributed by atoms with van der Waals surface area (Å²) in [6, 6.07) is 2.63. The lowest BCUT2D eigenvalue weighted by Gasteiger charge is -2.08. The standard InChI is InChI=1S/C11H11F2NO/c12-8-4-7(5-9(13)6-8)11(15)10-2-1-3-14-10/h4-6,10,14H,1-3H2/t10-/m1/s1. The van der Waals surface area contributed by atoms with Crippen LogP contribution in [0, 0.1) is 11.6 Å². The van der Waals surface area contributed by atoms with Gasteiger partial charge in [0.1, 0.15) is 11.6 Å². The molecule has 1 aliphatic rings. The van der Waals surface area contributed by atoms with Gasteiger partial charge < -0.3 is 5.32 Å². The van der Waals surface area contributed by atoms with Crippen LogP contribution in [0.2, 0.25) is 0 Å². The number of hydrogen-bond donors (Lipinski definition) is 1. The summed E-state index contributed by atoms with van der Waals surface area (Å²) in [5.41, 5.74) is 0.104. The van der Waals surface area contributed by atoms with Gasteiger partial charge in [0.25, 0.3) is 0 Å². The van der Waals surface area contributed by atoms with Crippen molar-refractivity contribution < 1.29 is 13.6 Å². The normalized spacial score (nSPS) is 20.5. The van der Waals surface area contributed by atoms with Crippen LogP contribution in [-0.4, -0.2) is 18.4 Å². The lowest BCUT2D eigenvalue weighted by atomic mass is 10.0. The monoisotopic (exact) mass is 211 g/mol. The van der Waals surface area contributed by atoms with Gasteiger partial charge in [-0.25, -0.2) is 8.78 Å². The van der Waals surface area contributed by atoms with E-state index in [9.17, 15) is 13.6 Å². The fraction of sp³-hybridized carbons (Fsp3) is 0.364. The second-order valence-corrected chi connectivity index (χ2v) is 3.67. The van der Waals surface area contributed by atoms with Crippen molar-refractivity contribution >= 4 is 5.78 Å². The summed E-state index contributed by atoms with van der Waals surface area (Å²) >= 11 is 0. The summed E-state index contributed by atoms with van der Waals surface area (Å²) in [6.45, 7) is 0.786. The van der Waals surface area contributed by atoms with E-state index in [1.54, 1.807) is 0 Å². The largest absolute Gasteiger partial charge is 0.307 e. The van der Waals surface area contributed by atoms with E-state index < -0.39 is 11.6 Å². The molecule has 0 spiro atoms. The van der Waals surface area contributed by atoms with Gasteiger partial charge in [0, 0.05) is 11.6 Å². The number of benzene rings is 1. The fourth-order valence-electron chi connectivity index (χ4n) is 1.81. The number of ketones is 1. The number of carbonyl (C=O) groups excluding carboxylic acids is 1. The first-order chi connectivity index (χ1) is 7.16. The van der Waals surface area contributed by atoms with Crippen molar-refractivity contribution in [2.45, 2.75) is 18.9 Å². The van der Waals surface area contributed by atoms with E-state index in [2.05, 4.69) is 5.32 Å². The summed E-state index contributed by atoms with van der Waals surface area (Å²) in [5, 5.41) is 3.00. The Bertz CT molecular complexity index is 366. The molecule has 0 unspecified atom stereocenters. The molecule has 0 aliphatic carbocycles. The van der Waals surface area contributed by atoms with Gasteiger partial charge in [-0.2, -0.15) is 0 Å². The second-order valence-electron chi connectivity index (χ2n) is 3.67. The van der Waals surface area contributed by atoms with E-state index in [4.69, 9.17) is 0 Å². The maximum Gasteiger partial charge on any atom is 0.179 e. The number of Topliss-reactive ketones (excluding diaryl/α,β-unsaturated/α-hetero) is 1. The number of hydrogen-bond acceptors (Lipinski definition) is 2. The molecule has 2 rings (SSSR count). The summed E-state index contributed by atoms with van der Waals surface area (Å²) in [6.07, 6.45) is 1.66. The Balaban J connectivity index is 2.24. The van der Waals surface area contributed by atoms with Gasteiger partial charge in [0.15, 0.2) is 5.78 Å². The average Bonchev–Trinajstić information content (AvgIpc) is 2.67. The van der Waals surface area contributed by atoms with Crippen LogP contribution in [0.25, 0.3) is 0 Å². The highest BCUT2D eigenvalue weighted by Crippen LogP contribution is 2.14. The van der Waals surface area contributed by atoms with E-state index in [0.29, 0.717) is 0 Å². The zero-order chi connectivity index (χ0) is 10.8. The Kier molecular flexibility index (Phi) is 2.77. The van der Waals surface area contributed by atoms with Gasteiger partial charge in [0.05, 0.1) is 6.04 Å². The molecule has 1 fully saturated rings. The molecular formula is C11H11F2NO. The highest BCUT2D eigenvalue weighted by molar-refractivity contribution is 6.00. The third kappa shape index (κ3) is 2.21. The molecule has 1 saturated heterocycles. The zero-order valence-electron chi connectivity index (χ0n) is 8.09. The fourth-order valence-corrected chi connectivity index (χ4v) is 1.81. The van der Waals surface area contributed by atoms with Crippen molar-refractivity contribution in [1.82, 2.24) is 5.32 Å². The van der Waals surface area contributed by atoms with Crippen LogP contribution in [0.5, 0.6) is 0 Å². The molecule has 80 valence electrons. The third-order valence-electron chi connectivity index (χ3n) is 2.52. The predicted molar refractivity (Wildman–Crippen MR) is 51.7 cm³/mol. The van der Waals surface area contributed by atoms with Crippen LogP contribution in [0.4, 0.5) is 8.78 Å². The maximum absolute atomic E-state index is 12.9. The first-order valence-corrected chi connectivity index (χ1v) is 4.90. The maximum atomic E-state index is 12.9. The molecule has 1 N–H and O–H groups in total. The molecule has 1 aliphatic heterocycles. The van der Waals surface area contributed by atoms with E-state index in [1.165, 1.54) is 0 Å². The second kappa shape index (κ2) is 4.06. The molecule has 0 radical (unpaired) electrons. The van der Waals surface area contributed by atoms with Gasteiger partial charge in [-0.3, -0.25) is 4.79 Å². The highest BCUT2D eigenvalue weighted by Gasteiger charge is 2.23. The Labute approximate surface area is 86.3 Å². The molecule has 0 aromatic heterocycles. The van der Waals surface area contributed by atoms with Gasteiger partial charge in [0.2, 0.25) is 0 Å². The lowest BCUT2D eigenvalue weighted by molar-refractivity contribution is 0.0951. The van der Waals surface area contributed by atoms with Crippen molar-refractivity contribution in [2.24, 2.45) is 0 Å². The van der Waals surface area contributed by atoms with Gasteiger partial charge >= 0.3 is 0 Å². The first-order valence-electron chi connectivity index (χ1n) is 4.90. The molecule has 1 heterocycles. The molecule has 2 nitrogen and oxygen atoms in total. The number of carbonyl (C=O) groups is 1. The van der Waals surface area contributed by atoms with Gasteiger partial charge in [-0.05, 0) is 31.5 Å². The molecule has 1 aromatic rings. The minimum atomic E-state index is -0.712. The lowest BCUT2D eigenvalue weighted by Crippen LogP contribution is -2.30. The number of halogens is 2. The molecule has 0 bridgehead atoms. The molecule has 15 heavy (non-hydrogen) atoms. The smallest absolute Gasteiger partial charge is 0.179 e. The van der Waals surface area contributed by atoms with Crippen LogP contribution < -0.4 is 5.32 Å². The van der Waals surface area contributed by atoms with Crippen molar-refractivity contribution in [3.8, 4) is 0 Å². The van der Waals surface area contributed by atoms with Crippen LogP contribution in [-0.2, 0) is 0 Å². The summed E-state index contributed by atoms with van der Waals surface area (Å²) in [5.74, 6) is -1.65. The molecule has 1 aromatic carbocycles. The molecule has 1 atom stereocenters. The SMILES string of the molecule is O=C(c1cc(F)cc(F)c1)[C@H]1CCCN1. The van der Waals surface area contributed by atoms with Gasteiger partial charge in [-0.1, -0.05) is 0 Å². The van der Waals surface area contributed by atoms with Gasteiger partial charge in [-0.15, -0.1) is 0 Å². The van der Waals surface area contributed by atoms with E-state index in [1.807, 2.05) is 0 Å². The quantitative estimate of drug-likeness (QED) is 0.757. The minimum Gasteiger partial charge on any atom is -0.307 e. The van der Waals surface area contributed by atoms with Crippen molar-refractivity contribution in [1.29, 1.82) is 0 Å². The third-order valence-corrected chi connectivity index (χ3v) is 2.52. The van der Waals surface area contributed by atoms with Crippen LogP contribution in [0.15, 0.2) is 18.2 Å². The van der Waals surface area contributed by atoms with Crippen LogP contribution >= 0.6 is 0 Å². The molecule has 0 saturated carbocycles. The van der Waals surface area contributed by atoms with Crippen molar-refractivity contribution in [3.05, 3.63) is 35.4 Å². The minimum absolute atomic E-state index is 0.104. The van der Waals surface area contributed by atoms with E-state index in [0.717, 1.165) is 37.6 Å². The van der Waals surface area contributed by atoms with Crippen LogP contribution in [0.3, 0.4) is 0 Å². The van der Waals surface area contributed by atoms with E-state index in [-0.39, 0.29) is 17.4 Å². The summed E-state index contributed by atoms with van der Waals surface area (Å²) in [7, 11) is 0. The number of rotatable bonds is 2. The molecule has 4 heteroatoms. The Morgan fingerprint density at radius 3 is 2.47 bits per heavy atom. The van der Waals surface area contributed by atoms with Crippen LogP contribution in [0.1, 0.15) is 23.2 Å². The predicted octanol–water partition coefficient (Wildman–Crippen LogP) is 1.90. The Hall–Kier alpha value is -1.29. The molecular weight excluding hydrogens is 200 g/mol.